The molecule has 0 amide bonds. The van der Waals surface area contributed by atoms with Gasteiger partial charge in [-0.15, -0.1) is 11.3 Å². The van der Waals surface area contributed by atoms with Crippen LogP contribution in [0.2, 0.25) is 0 Å². The van der Waals surface area contributed by atoms with Crippen LogP contribution in [0.3, 0.4) is 0 Å². The van der Waals surface area contributed by atoms with E-state index in [1.165, 1.54) is 6.92 Å². The van der Waals surface area contributed by atoms with Crippen molar-refractivity contribution in [2.24, 2.45) is 5.73 Å². The number of hydrogen-bond acceptors (Lipinski definition) is 5. The molecule has 0 spiro atoms. The van der Waals surface area contributed by atoms with Gasteiger partial charge in [-0.2, -0.15) is 0 Å². The Hall–Kier alpha value is -1.27. The SMILES string of the molecule is CC(=O)c1sc(C2(N)CCC2)nc1C(=O)O. The Kier molecular flexibility index (Phi) is 2.55. The van der Waals surface area contributed by atoms with Gasteiger partial charge in [-0.25, -0.2) is 9.78 Å². The molecule has 1 aliphatic rings. The van der Waals surface area contributed by atoms with Crippen molar-refractivity contribution in [3.8, 4) is 0 Å². The van der Waals surface area contributed by atoms with E-state index in [1.54, 1.807) is 0 Å². The van der Waals surface area contributed by atoms with Crippen LogP contribution in [-0.4, -0.2) is 21.8 Å². The van der Waals surface area contributed by atoms with Gasteiger partial charge < -0.3 is 10.8 Å². The lowest BCUT2D eigenvalue weighted by Crippen LogP contribution is -2.43. The van der Waals surface area contributed by atoms with Crippen LogP contribution in [-0.2, 0) is 5.54 Å². The molecule has 0 saturated heterocycles. The van der Waals surface area contributed by atoms with Crippen LogP contribution in [0.4, 0.5) is 0 Å². The minimum atomic E-state index is -1.17. The minimum Gasteiger partial charge on any atom is -0.476 e. The number of nitrogens with two attached hydrogens (primary N) is 1. The molecule has 16 heavy (non-hydrogen) atoms. The van der Waals surface area contributed by atoms with Crippen LogP contribution in [0.5, 0.6) is 0 Å². The Balaban J connectivity index is 2.46. The summed E-state index contributed by atoms with van der Waals surface area (Å²) in [5.41, 5.74) is 5.38. The summed E-state index contributed by atoms with van der Waals surface area (Å²) in [6.45, 7) is 1.34. The van der Waals surface area contributed by atoms with Gasteiger partial charge in [-0.3, -0.25) is 4.79 Å². The fourth-order valence-corrected chi connectivity index (χ4v) is 2.80. The monoisotopic (exact) mass is 240 g/mol. The molecule has 0 bridgehead atoms. The molecule has 0 unspecified atom stereocenters. The molecule has 0 radical (unpaired) electrons. The number of thiazole rings is 1. The second-order valence-electron chi connectivity index (χ2n) is 4.07. The van der Waals surface area contributed by atoms with E-state index in [2.05, 4.69) is 4.98 Å². The topological polar surface area (TPSA) is 93.3 Å². The van der Waals surface area contributed by atoms with Crippen LogP contribution >= 0.6 is 11.3 Å². The average molecular weight is 240 g/mol. The summed E-state index contributed by atoms with van der Waals surface area (Å²) in [6, 6.07) is 0. The third kappa shape index (κ3) is 1.64. The Bertz CT molecular complexity index is 431. The highest BCUT2D eigenvalue weighted by Crippen LogP contribution is 2.41. The normalized spacial score (nSPS) is 17.9. The second kappa shape index (κ2) is 3.64. The highest BCUT2D eigenvalue weighted by molar-refractivity contribution is 7.14. The third-order valence-corrected chi connectivity index (χ3v) is 4.20. The molecule has 3 N–H and O–H groups in total. The van der Waals surface area contributed by atoms with Gasteiger partial charge in [0.15, 0.2) is 11.5 Å². The van der Waals surface area contributed by atoms with Crippen LogP contribution in [0, 0.1) is 0 Å². The molecule has 5 nitrogen and oxygen atoms in total. The van der Waals surface area contributed by atoms with Crippen molar-refractivity contribution >= 4 is 23.1 Å². The van der Waals surface area contributed by atoms with Crippen LogP contribution < -0.4 is 5.73 Å². The smallest absolute Gasteiger partial charge is 0.356 e. The van der Waals surface area contributed by atoms with Gasteiger partial charge in [0.05, 0.1) is 5.54 Å². The lowest BCUT2D eigenvalue weighted by atomic mass is 9.78. The van der Waals surface area contributed by atoms with Crippen molar-refractivity contribution in [1.29, 1.82) is 0 Å². The highest BCUT2D eigenvalue weighted by atomic mass is 32.1. The molecule has 1 saturated carbocycles. The van der Waals surface area contributed by atoms with Gasteiger partial charge in [0, 0.05) is 6.92 Å². The van der Waals surface area contributed by atoms with Crippen molar-refractivity contribution in [2.45, 2.75) is 31.7 Å². The van der Waals surface area contributed by atoms with Crippen molar-refractivity contribution < 1.29 is 14.7 Å². The van der Waals surface area contributed by atoms with Gasteiger partial charge in [0.25, 0.3) is 0 Å². The number of carboxylic acids is 1. The molecule has 0 aliphatic heterocycles. The molecule has 6 heteroatoms. The predicted molar refractivity (Wildman–Crippen MR) is 58.8 cm³/mol. The molecule has 1 aliphatic carbocycles. The summed E-state index contributed by atoms with van der Waals surface area (Å²) in [5, 5.41) is 9.51. The minimum absolute atomic E-state index is 0.163. The number of carbonyl (C=O) groups excluding carboxylic acids is 1. The van der Waals surface area contributed by atoms with Gasteiger partial charge >= 0.3 is 5.97 Å². The number of hydrogen-bond donors (Lipinski definition) is 2. The summed E-state index contributed by atoms with van der Waals surface area (Å²) in [6.07, 6.45) is 2.63. The Labute approximate surface area is 96.3 Å². The predicted octanol–water partition coefficient (Wildman–Crippen LogP) is 1.38. The molecule has 1 fully saturated rings. The zero-order valence-corrected chi connectivity index (χ0v) is 9.63. The van der Waals surface area contributed by atoms with E-state index < -0.39 is 11.5 Å². The van der Waals surface area contributed by atoms with E-state index in [4.69, 9.17) is 10.8 Å². The molecular formula is C10H12N2O3S. The van der Waals surface area contributed by atoms with Crippen molar-refractivity contribution in [1.82, 2.24) is 4.98 Å². The van der Waals surface area contributed by atoms with Crippen LogP contribution in [0.1, 0.15) is 51.4 Å². The van der Waals surface area contributed by atoms with Crippen LogP contribution in [0.15, 0.2) is 0 Å². The summed E-state index contributed by atoms with van der Waals surface area (Å²) in [7, 11) is 0. The number of aromatic nitrogens is 1. The molecule has 86 valence electrons. The van der Waals surface area contributed by atoms with E-state index in [0.29, 0.717) is 5.01 Å². The Morgan fingerprint density at radius 1 is 1.50 bits per heavy atom. The lowest BCUT2D eigenvalue weighted by molar-refractivity contribution is 0.0686. The van der Waals surface area contributed by atoms with Crippen molar-refractivity contribution in [2.75, 3.05) is 0 Å². The summed E-state index contributed by atoms with van der Waals surface area (Å²) < 4.78 is 0. The van der Waals surface area contributed by atoms with Crippen molar-refractivity contribution in [3.63, 3.8) is 0 Å². The largest absolute Gasteiger partial charge is 0.476 e. The number of carbonyl (C=O) groups is 2. The first-order valence-corrected chi connectivity index (χ1v) is 5.80. The average Bonchev–Trinajstić information content (AvgIpc) is 2.58. The van der Waals surface area contributed by atoms with Gasteiger partial charge in [0.2, 0.25) is 0 Å². The van der Waals surface area contributed by atoms with Gasteiger partial charge in [-0.05, 0) is 19.3 Å². The molecular weight excluding hydrogens is 228 g/mol. The molecule has 0 atom stereocenters. The summed E-state index contributed by atoms with van der Waals surface area (Å²) in [5.74, 6) is -1.44. The number of nitrogens with zero attached hydrogens (tertiary/aromatic N) is 1. The Morgan fingerprint density at radius 2 is 2.12 bits per heavy atom. The number of aromatic carboxylic acids is 1. The zero-order chi connectivity index (χ0) is 11.9. The first-order valence-electron chi connectivity index (χ1n) is 4.98. The highest BCUT2D eigenvalue weighted by Gasteiger charge is 2.39. The van der Waals surface area contributed by atoms with Gasteiger partial charge in [-0.1, -0.05) is 0 Å². The van der Waals surface area contributed by atoms with E-state index >= 15 is 0 Å². The second-order valence-corrected chi connectivity index (χ2v) is 5.07. The molecule has 2 rings (SSSR count). The molecule has 0 aromatic carbocycles. The number of carboxylic acid groups (broad SMARTS) is 1. The molecule has 1 aromatic heterocycles. The fourth-order valence-electron chi connectivity index (χ4n) is 1.69. The molecule has 1 aromatic rings. The maximum atomic E-state index is 11.3. The summed E-state index contributed by atoms with van der Waals surface area (Å²) >= 11 is 1.11. The fraction of sp³-hybridized carbons (Fsp3) is 0.500. The lowest BCUT2D eigenvalue weighted by Gasteiger charge is -2.35. The summed E-state index contributed by atoms with van der Waals surface area (Å²) in [4.78, 5) is 26.4. The quantitative estimate of drug-likeness (QED) is 0.778. The number of Topliss-reactive ketones (excluding diaryl/α,β-unsaturated/α-hetero) is 1. The number of ketones is 1. The van der Waals surface area contributed by atoms with Crippen LogP contribution in [0.25, 0.3) is 0 Å². The van der Waals surface area contributed by atoms with E-state index in [9.17, 15) is 9.59 Å². The van der Waals surface area contributed by atoms with Gasteiger partial charge in [0.1, 0.15) is 9.88 Å². The van der Waals surface area contributed by atoms with E-state index in [0.717, 1.165) is 30.6 Å². The maximum Gasteiger partial charge on any atom is 0.356 e. The van der Waals surface area contributed by atoms with E-state index in [1.807, 2.05) is 0 Å². The Morgan fingerprint density at radius 3 is 2.44 bits per heavy atom. The third-order valence-electron chi connectivity index (χ3n) is 2.82. The first-order chi connectivity index (χ1) is 7.44. The standard InChI is InChI=1S/C10H12N2O3S/c1-5(13)7-6(8(14)15)12-9(16-7)10(11)3-2-4-10/h2-4,11H2,1H3,(H,14,15). The number of rotatable bonds is 3. The van der Waals surface area contributed by atoms with Crippen molar-refractivity contribution in [3.05, 3.63) is 15.6 Å². The van der Waals surface area contributed by atoms with E-state index in [-0.39, 0.29) is 16.4 Å². The molecule has 1 heterocycles. The maximum absolute atomic E-state index is 11.3. The zero-order valence-electron chi connectivity index (χ0n) is 8.82. The first kappa shape index (κ1) is 11.2.